The Labute approximate surface area is 167 Å². The lowest BCUT2D eigenvalue weighted by Crippen LogP contribution is -2.49. The predicted octanol–water partition coefficient (Wildman–Crippen LogP) is 1.78. The Morgan fingerprint density at radius 1 is 1.29 bits per heavy atom. The summed E-state index contributed by atoms with van der Waals surface area (Å²) >= 11 is 1.17. The van der Waals surface area contributed by atoms with Gasteiger partial charge in [0.05, 0.1) is 18.7 Å². The lowest BCUT2D eigenvalue weighted by atomic mass is 9.81. The molecule has 1 saturated carbocycles. The number of aromatic nitrogens is 1. The van der Waals surface area contributed by atoms with E-state index in [0.717, 1.165) is 24.2 Å². The molecule has 0 atom stereocenters. The number of thiazole rings is 1. The SMILES string of the molecule is CCOC(=O)Cc1csc(NC(=O)CN2C(=O)N(C)C3(CCCCC3)C2=O)n1. The zero-order chi connectivity index (χ0) is 20.3. The van der Waals surface area contributed by atoms with Crippen molar-refractivity contribution < 1.29 is 23.9 Å². The first-order valence-corrected chi connectivity index (χ1v) is 10.2. The maximum atomic E-state index is 12.9. The maximum absolute atomic E-state index is 12.9. The topological polar surface area (TPSA) is 109 Å². The Bertz CT molecular complexity index is 787. The summed E-state index contributed by atoms with van der Waals surface area (Å²) in [6.45, 7) is 1.66. The summed E-state index contributed by atoms with van der Waals surface area (Å²) in [7, 11) is 1.63. The number of ether oxygens (including phenoxy) is 1. The first-order valence-electron chi connectivity index (χ1n) is 9.37. The van der Waals surface area contributed by atoms with Gasteiger partial charge >= 0.3 is 12.0 Å². The number of hydrogen-bond donors (Lipinski definition) is 1. The molecule has 10 heteroatoms. The monoisotopic (exact) mass is 408 g/mol. The number of carbonyl (C=O) groups excluding carboxylic acids is 4. The number of nitrogens with zero attached hydrogens (tertiary/aromatic N) is 3. The largest absolute Gasteiger partial charge is 0.466 e. The minimum atomic E-state index is -0.802. The fourth-order valence-electron chi connectivity index (χ4n) is 3.78. The van der Waals surface area contributed by atoms with Crippen LogP contribution in [0.3, 0.4) is 0 Å². The van der Waals surface area contributed by atoms with Gasteiger partial charge in [0.15, 0.2) is 5.13 Å². The Morgan fingerprint density at radius 3 is 2.68 bits per heavy atom. The molecule has 0 radical (unpaired) electrons. The van der Waals surface area contributed by atoms with Gasteiger partial charge in [-0.2, -0.15) is 0 Å². The van der Waals surface area contributed by atoms with Crippen molar-refractivity contribution in [1.29, 1.82) is 0 Å². The number of rotatable bonds is 6. The van der Waals surface area contributed by atoms with Crippen molar-refractivity contribution in [2.75, 3.05) is 25.5 Å². The number of nitrogens with one attached hydrogen (secondary N) is 1. The highest BCUT2D eigenvalue weighted by Crippen LogP contribution is 2.39. The number of amides is 4. The van der Waals surface area contributed by atoms with E-state index in [4.69, 9.17) is 4.74 Å². The molecule has 1 aromatic heterocycles. The molecule has 1 aliphatic carbocycles. The van der Waals surface area contributed by atoms with Crippen molar-refractivity contribution in [3.8, 4) is 0 Å². The average Bonchev–Trinajstić information content (AvgIpc) is 3.16. The van der Waals surface area contributed by atoms with Gasteiger partial charge in [0.25, 0.3) is 5.91 Å². The predicted molar refractivity (Wildman–Crippen MR) is 102 cm³/mol. The van der Waals surface area contributed by atoms with E-state index in [0.29, 0.717) is 30.3 Å². The van der Waals surface area contributed by atoms with Gasteiger partial charge in [0, 0.05) is 12.4 Å². The molecule has 152 valence electrons. The Balaban J connectivity index is 1.60. The average molecular weight is 408 g/mol. The van der Waals surface area contributed by atoms with Gasteiger partial charge in [0.2, 0.25) is 5.91 Å². The molecule has 28 heavy (non-hydrogen) atoms. The summed E-state index contributed by atoms with van der Waals surface area (Å²) in [5.74, 6) is -1.18. The molecule has 9 nitrogen and oxygen atoms in total. The van der Waals surface area contributed by atoms with Crippen LogP contribution in [-0.4, -0.2) is 64.3 Å². The molecule has 1 aliphatic heterocycles. The van der Waals surface area contributed by atoms with E-state index >= 15 is 0 Å². The van der Waals surface area contributed by atoms with Gasteiger partial charge in [-0.15, -0.1) is 11.3 Å². The van der Waals surface area contributed by atoms with Crippen molar-refractivity contribution in [1.82, 2.24) is 14.8 Å². The van der Waals surface area contributed by atoms with Gasteiger partial charge in [-0.1, -0.05) is 19.3 Å². The molecule has 2 fully saturated rings. The molecule has 0 aromatic carbocycles. The lowest BCUT2D eigenvalue weighted by molar-refractivity contribution is -0.142. The first-order chi connectivity index (χ1) is 13.4. The molecular formula is C18H24N4O5S. The van der Waals surface area contributed by atoms with Crippen LogP contribution < -0.4 is 5.32 Å². The second-order valence-electron chi connectivity index (χ2n) is 7.00. The third-order valence-electron chi connectivity index (χ3n) is 5.21. The van der Waals surface area contributed by atoms with Crippen LogP contribution in [0.5, 0.6) is 0 Å². The fourth-order valence-corrected chi connectivity index (χ4v) is 4.51. The Morgan fingerprint density at radius 2 is 2.00 bits per heavy atom. The number of likely N-dealkylation sites (N-methyl/N-ethyl adjacent to an activating group) is 1. The zero-order valence-corrected chi connectivity index (χ0v) is 16.8. The molecule has 1 spiro atoms. The van der Waals surface area contributed by atoms with E-state index < -0.39 is 17.5 Å². The Kier molecular flexibility index (Phi) is 5.97. The van der Waals surface area contributed by atoms with E-state index in [1.54, 1.807) is 19.4 Å². The van der Waals surface area contributed by atoms with Crippen LogP contribution >= 0.6 is 11.3 Å². The number of esters is 1. The van der Waals surface area contributed by atoms with Crippen molar-refractivity contribution in [3.05, 3.63) is 11.1 Å². The quantitative estimate of drug-likeness (QED) is 0.568. The van der Waals surface area contributed by atoms with Gasteiger partial charge in [0.1, 0.15) is 12.1 Å². The van der Waals surface area contributed by atoms with Crippen molar-refractivity contribution in [2.24, 2.45) is 0 Å². The third kappa shape index (κ3) is 3.87. The number of carbonyl (C=O) groups is 4. The van der Waals surface area contributed by atoms with Crippen LogP contribution in [0.15, 0.2) is 5.38 Å². The number of anilines is 1. The highest BCUT2D eigenvalue weighted by atomic mass is 32.1. The maximum Gasteiger partial charge on any atom is 0.327 e. The molecule has 2 aliphatic rings. The highest BCUT2D eigenvalue weighted by molar-refractivity contribution is 7.13. The zero-order valence-electron chi connectivity index (χ0n) is 16.0. The second kappa shape index (κ2) is 8.26. The van der Waals surface area contributed by atoms with Gasteiger partial charge in [-0.25, -0.2) is 9.78 Å². The molecule has 1 saturated heterocycles. The van der Waals surface area contributed by atoms with Crippen molar-refractivity contribution >= 4 is 40.3 Å². The summed E-state index contributed by atoms with van der Waals surface area (Å²) in [5.41, 5.74) is -0.308. The third-order valence-corrected chi connectivity index (χ3v) is 6.02. The smallest absolute Gasteiger partial charge is 0.327 e. The Hall–Kier alpha value is -2.49. The van der Waals surface area contributed by atoms with Crippen LogP contribution in [0.4, 0.5) is 9.93 Å². The van der Waals surface area contributed by atoms with Crippen LogP contribution in [-0.2, 0) is 25.5 Å². The normalized spacial score (nSPS) is 18.6. The molecule has 0 bridgehead atoms. The summed E-state index contributed by atoms with van der Waals surface area (Å²) in [4.78, 5) is 56.0. The molecule has 0 unspecified atom stereocenters. The molecular weight excluding hydrogens is 384 g/mol. The molecule has 4 amide bonds. The lowest BCUT2D eigenvalue weighted by Gasteiger charge is -2.35. The van der Waals surface area contributed by atoms with Gasteiger partial charge < -0.3 is 15.0 Å². The molecule has 1 aromatic rings. The first kappa shape index (κ1) is 20.2. The van der Waals surface area contributed by atoms with Crippen LogP contribution in [0.25, 0.3) is 0 Å². The van der Waals surface area contributed by atoms with Crippen molar-refractivity contribution in [2.45, 2.75) is 51.0 Å². The van der Waals surface area contributed by atoms with Crippen molar-refractivity contribution in [3.63, 3.8) is 0 Å². The summed E-state index contributed by atoms with van der Waals surface area (Å²) < 4.78 is 4.87. The van der Waals surface area contributed by atoms with E-state index in [9.17, 15) is 19.2 Å². The van der Waals surface area contributed by atoms with Gasteiger partial charge in [-0.05, 0) is 19.8 Å². The van der Waals surface area contributed by atoms with E-state index in [1.807, 2.05) is 0 Å². The van der Waals surface area contributed by atoms with E-state index in [2.05, 4.69) is 10.3 Å². The minimum absolute atomic E-state index is 0.0244. The molecule has 3 rings (SSSR count). The number of imide groups is 1. The summed E-state index contributed by atoms with van der Waals surface area (Å²) in [6, 6.07) is -0.441. The standard InChI is InChI=1S/C18H24N4O5S/c1-3-27-14(24)9-12-11-28-16(19-12)20-13(23)10-22-15(25)18(21(2)17(22)26)7-5-4-6-8-18/h11H,3-10H2,1-2H3,(H,19,20,23). The number of urea groups is 1. The summed E-state index contributed by atoms with van der Waals surface area (Å²) in [6.07, 6.45) is 4.13. The highest BCUT2D eigenvalue weighted by Gasteiger charge is 2.55. The van der Waals surface area contributed by atoms with Crippen LogP contribution in [0.1, 0.15) is 44.7 Å². The minimum Gasteiger partial charge on any atom is -0.466 e. The van der Waals surface area contributed by atoms with Crippen LogP contribution in [0.2, 0.25) is 0 Å². The molecule has 1 N–H and O–H groups in total. The van der Waals surface area contributed by atoms with Gasteiger partial charge in [-0.3, -0.25) is 19.3 Å². The summed E-state index contributed by atoms with van der Waals surface area (Å²) in [5, 5.41) is 4.56. The van der Waals surface area contributed by atoms with E-state index in [1.165, 1.54) is 16.2 Å². The second-order valence-corrected chi connectivity index (χ2v) is 7.86. The fraction of sp³-hybridized carbons (Fsp3) is 0.611. The number of hydrogen-bond acceptors (Lipinski definition) is 7. The van der Waals surface area contributed by atoms with E-state index in [-0.39, 0.29) is 24.8 Å². The molecule has 2 heterocycles. The van der Waals surface area contributed by atoms with Crippen LogP contribution in [0, 0.1) is 0 Å².